The number of amides is 1. The van der Waals surface area contributed by atoms with Gasteiger partial charge in [0.25, 0.3) is 5.91 Å². The Hall–Kier alpha value is -0.850. The van der Waals surface area contributed by atoms with Crippen molar-refractivity contribution < 1.29 is 9.53 Å². The van der Waals surface area contributed by atoms with Gasteiger partial charge < -0.3 is 15.0 Å². The fourth-order valence-electron chi connectivity index (χ4n) is 1.92. The molecule has 0 bridgehead atoms. The van der Waals surface area contributed by atoms with Crippen LogP contribution in [-0.4, -0.2) is 55.2 Å². The third kappa shape index (κ3) is 4.12. The fraction of sp³-hybridized carbons (Fsp3) is 0.583. The molecule has 1 fully saturated rings. The van der Waals surface area contributed by atoms with Crippen molar-refractivity contribution in [2.75, 3.05) is 39.4 Å². The Morgan fingerprint density at radius 3 is 2.94 bits per heavy atom. The molecule has 1 aliphatic heterocycles. The number of carbonyl (C=O) groups excluding carboxylic acids is 1. The van der Waals surface area contributed by atoms with Crippen molar-refractivity contribution >= 4 is 21.8 Å². The first kappa shape index (κ1) is 13.6. The summed E-state index contributed by atoms with van der Waals surface area (Å²) in [7, 11) is 0. The molecule has 0 radical (unpaired) electrons. The molecule has 18 heavy (non-hydrogen) atoms. The first-order chi connectivity index (χ1) is 8.75. The molecule has 0 unspecified atom stereocenters. The summed E-state index contributed by atoms with van der Waals surface area (Å²) in [6.45, 7) is 5.35. The molecule has 5 nitrogen and oxygen atoms in total. The van der Waals surface area contributed by atoms with Gasteiger partial charge in [0.2, 0.25) is 0 Å². The van der Waals surface area contributed by atoms with Crippen LogP contribution >= 0.6 is 15.9 Å². The minimum Gasteiger partial charge on any atom is -0.379 e. The van der Waals surface area contributed by atoms with Crippen LogP contribution in [0.5, 0.6) is 0 Å². The van der Waals surface area contributed by atoms with Crippen LogP contribution in [0.4, 0.5) is 0 Å². The lowest BCUT2D eigenvalue weighted by Crippen LogP contribution is -2.38. The van der Waals surface area contributed by atoms with E-state index in [4.69, 9.17) is 4.74 Å². The molecule has 6 heteroatoms. The third-order valence-corrected chi connectivity index (χ3v) is 3.39. The quantitative estimate of drug-likeness (QED) is 0.804. The average molecular weight is 316 g/mol. The number of nitrogens with one attached hydrogen (secondary N) is 2. The number of aromatic nitrogens is 1. The number of hydrogen-bond donors (Lipinski definition) is 2. The third-order valence-electron chi connectivity index (χ3n) is 2.93. The fourth-order valence-corrected chi connectivity index (χ4v) is 2.27. The molecule has 2 N–H and O–H groups in total. The summed E-state index contributed by atoms with van der Waals surface area (Å²) in [5.41, 5.74) is 0.591. The van der Waals surface area contributed by atoms with Gasteiger partial charge in [-0.2, -0.15) is 0 Å². The van der Waals surface area contributed by atoms with E-state index in [0.717, 1.165) is 43.7 Å². The second-order valence-electron chi connectivity index (χ2n) is 4.30. The van der Waals surface area contributed by atoms with Crippen LogP contribution < -0.4 is 5.32 Å². The van der Waals surface area contributed by atoms with Gasteiger partial charge in [-0.15, -0.1) is 0 Å². The van der Waals surface area contributed by atoms with Gasteiger partial charge in [-0.1, -0.05) is 0 Å². The van der Waals surface area contributed by atoms with Crippen LogP contribution in [0.25, 0.3) is 0 Å². The van der Waals surface area contributed by atoms with Gasteiger partial charge >= 0.3 is 0 Å². The number of halogens is 1. The monoisotopic (exact) mass is 315 g/mol. The Morgan fingerprint density at radius 2 is 2.28 bits per heavy atom. The van der Waals surface area contributed by atoms with Gasteiger partial charge in [0.1, 0.15) is 5.69 Å². The molecule has 0 saturated carbocycles. The lowest BCUT2D eigenvalue weighted by Gasteiger charge is -2.26. The highest BCUT2D eigenvalue weighted by molar-refractivity contribution is 9.10. The molecule has 0 spiro atoms. The van der Waals surface area contributed by atoms with E-state index in [9.17, 15) is 4.79 Å². The molecule has 100 valence electrons. The zero-order valence-corrected chi connectivity index (χ0v) is 11.8. The highest BCUT2D eigenvalue weighted by atomic mass is 79.9. The highest BCUT2D eigenvalue weighted by Crippen LogP contribution is 2.10. The molecule has 0 aromatic carbocycles. The molecule has 1 amide bonds. The van der Waals surface area contributed by atoms with Gasteiger partial charge in [0.05, 0.1) is 13.2 Å². The van der Waals surface area contributed by atoms with Crippen LogP contribution in [-0.2, 0) is 4.74 Å². The smallest absolute Gasteiger partial charge is 0.267 e. The first-order valence-corrected chi connectivity index (χ1v) is 6.97. The van der Waals surface area contributed by atoms with Crippen LogP contribution in [0.3, 0.4) is 0 Å². The normalized spacial score (nSPS) is 16.7. The Labute approximate surface area is 115 Å². The minimum atomic E-state index is -0.0531. The summed E-state index contributed by atoms with van der Waals surface area (Å²) in [4.78, 5) is 17.0. The van der Waals surface area contributed by atoms with E-state index >= 15 is 0 Å². The first-order valence-electron chi connectivity index (χ1n) is 6.18. The molecule has 1 saturated heterocycles. The summed E-state index contributed by atoms with van der Waals surface area (Å²) in [5, 5.41) is 2.90. The topological polar surface area (TPSA) is 57.4 Å². The average Bonchev–Trinajstić information content (AvgIpc) is 2.82. The van der Waals surface area contributed by atoms with E-state index in [1.54, 1.807) is 12.3 Å². The van der Waals surface area contributed by atoms with Gasteiger partial charge in [-0.25, -0.2) is 0 Å². The molecule has 0 atom stereocenters. The Balaban J connectivity index is 1.61. The highest BCUT2D eigenvalue weighted by Gasteiger charge is 2.10. The largest absolute Gasteiger partial charge is 0.379 e. The van der Waals surface area contributed by atoms with E-state index < -0.39 is 0 Å². The molecule has 1 aliphatic rings. The molecule has 1 aromatic rings. The zero-order chi connectivity index (χ0) is 12.8. The predicted octanol–water partition coefficient (Wildman–Crippen LogP) is 1.23. The van der Waals surface area contributed by atoms with Crippen molar-refractivity contribution in [2.24, 2.45) is 0 Å². The number of morpholine rings is 1. The molecule has 2 rings (SSSR count). The van der Waals surface area contributed by atoms with Gasteiger partial charge in [-0.3, -0.25) is 9.69 Å². The minimum absolute atomic E-state index is 0.0531. The number of carbonyl (C=O) groups is 1. The lowest BCUT2D eigenvalue weighted by atomic mass is 10.3. The maximum absolute atomic E-state index is 11.7. The molecular weight excluding hydrogens is 298 g/mol. The SMILES string of the molecule is O=C(NCCCN1CCOCC1)c1cc(Br)c[nH]1. The number of aromatic amines is 1. The van der Waals surface area contributed by atoms with Gasteiger partial charge in [-0.05, 0) is 35.0 Å². The van der Waals surface area contributed by atoms with E-state index in [0.29, 0.717) is 12.2 Å². The Kier molecular flexibility index (Phi) is 5.22. The van der Waals surface area contributed by atoms with Crippen molar-refractivity contribution in [1.29, 1.82) is 0 Å². The van der Waals surface area contributed by atoms with Crippen molar-refractivity contribution in [3.63, 3.8) is 0 Å². The standard InChI is InChI=1S/C12H18BrN3O2/c13-10-8-11(15-9-10)12(17)14-2-1-3-16-4-6-18-7-5-16/h8-9,15H,1-7H2,(H,14,17). The molecule has 2 heterocycles. The van der Waals surface area contributed by atoms with Crippen molar-refractivity contribution in [3.8, 4) is 0 Å². The molecule has 0 aliphatic carbocycles. The van der Waals surface area contributed by atoms with Gasteiger partial charge in [0, 0.05) is 30.3 Å². The van der Waals surface area contributed by atoms with Gasteiger partial charge in [0.15, 0.2) is 0 Å². The summed E-state index contributed by atoms with van der Waals surface area (Å²) in [5.74, 6) is -0.0531. The summed E-state index contributed by atoms with van der Waals surface area (Å²) < 4.78 is 6.17. The van der Waals surface area contributed by atoms with E-state index in [1.807, 2.05) is 0 Å². The van der Waals surface area contributed by atoms with Crippen molar-refractivity contribution in [2.45, 2.75) is 6.42 Å². The second kappa shape index (κ2) is 6.92. The summed E-state index contributed by atoms with van der Waals surface area (Å²) in [6, 6.07) is 1.78. The molecular formula is C12H18BrN3O2. The Bertz CT molecular complexity index is 388. The molecule has 1 aromatic heterocycles. The summed E-state index contributed by atoms with van der Waals surface area (Å²) >= 11 is 3.30. The maximum atomic E-state index is 11.7. The second-order valence-corrected chi connectivity index (χ2v) is 5.21. The Morgan fingerprint density at radius 1 is 1.50 bits per heavy atom. The number of hydrogen-bond acceptors (Lipinski definition) is 3. The number of rotatable bonds is 5. The van der Waals surface area contributed by atoms with Crippen LogP contribution in [0, 0.1) is 0 Å². The van der Waals surface area contributed by atoms with Crippen LogP contribution in [0.2, 0.25) is 0 Å². The zero-order valence-electron chi connectivity index (χ0n) is 10.2. The summed E-state index contributed by atoms with van der Waals surface area (Å²) in [6.07, 6.45) is 2.72. The number of ether oxygens (including phenoxy) is 1. The van der Waals surface area contributed by atoms with E-state index in [1.165, 1.54) is 0 Å². The number of H-pyrrole nitrogens is 1. The predicted molar refractivity (Wildman–Crippen MR) is 72.7 cm³/mol. The number of nitrogens with zero attached hydrogens (tertiary/aromatic N) is 1. The van der Waals surface area contributed by atoms with Crippen LogP contribution in [0.15, 0.2) is 16.7 Å². The van der Waals surface area contributed by atoms with Crippen LogP contribution in [0.1, 0.15) is 16.9 Å². The van der Waals surface area contributed by atoms with E-state index in [-0.39, 0.29) is 5.91 Å². The van der Waals surface area contributed by atoms with Crippen molar-refractivity contribution in [3.05, 3.63) is 22.4 Å². The van der Waals surface area contributed by atoms with Crippen molar-refractivity contribution in [1.82, 2.24) is 15.2 Å². The lowest BCUT2D eigenvalue weighted by molar-refractivity contribution is 0.0374. The maximum Gasteiger partial charge on any atom is 0.267 e. The van der Waals surface area contributed by atoms with E-state index in [2.05, 4.69) is 31.1 Å².